The third-order valence-corrected chi connectivity index (χ3v) is 15.4. The topological polar surface area (TPSA) is 95.6 Å². The Morgan fingerprint density at radius 3 is 2.43 bits per heavy atom. The molecule has 5 unspecified atom stereocenters. The van der Waals surface area contributed by atoms with Gasteiger partial charge in [0.15, 0.2) is 6.29 Å². The molecule has 0 aromatic heterocycles. The lowest BCUT2D eigenvalue weighted by Crippen LogP contribution is -2.56. The minimum absolute atomic E-state index is 0.0379. The molecule has 5 saturated carbocycles. The molecule has 2 spiro atoms. The quantitative estimate of drug-likeness (QED) is 0.315. The summed E-state index contributed by atoms with van der Waals surface area (Å²) < 4.78 is 31.5. The Morgan fingerprint density at radius 2 is 1.73 bits per heavy atom. The van der Waals surface area contributed by atoms with E-state index in [9.17, 15) is 9.59 Å². The Balaban J connectivity index is 1.04. The molecule has 2 saturated heterocycles. The van der Waals surface area contributed by atoms with Crippen LogP contribution in [-0.4, -0.2) is 80.1 Å². The second-order valence-electron chi connectivity index (χ2n) is 19.6. The predicted molar refractivity (Wildman–Crippen MR) is 187 cm³/mol. The van der Waals surface area contributed by atoms with E-state index in [1.807, 2.05) is 20.8 Å². The summed E-state index contributed by atoms with van der Waals surface area (Å²) in [6, 6.07) is 0. The fourth-order valence-electron chi connectivity index (χ4n) is 13.5. The van der Waals surface area contributed by atoms with Gasteiger partial charge < -0.3 is 33.9 Å². The monoisotopic (exact) mass is 686 g/mol. The zero-order valence-corrected chi connectivity index (χ0v) is 32.1. The third kappa shape index (κ3) is 5.73. The number of fused-ring (bicyclic) bond motifs is 4. The van der Waals surface area contributed by atoms with E-state index in [1.165, 1.54) is 38.5 Å². The van der Waals surface area contributed by atoms with Crippen LogP contribution in [0.3, 0.4) is 0 Å². The Bertz CT molecular complexity index is 1280. The second-order valence-corrected chi connectivity index (χ2v) is 19.6. The van der Waals surface area contributed by atoms with Crippen LogP contribution in [0.2, 0.25) is 0 Å². The number of ether oxygens (including phenoxy) is 5. The molecular formula is C40H66N2O7. The first-order valence-corrected chi connectivity index (χ1v) is 19.7. The molecule has 7 aliphatic rings. The minimum Gasteiger partial charge on any atom is -0.444 e. The largest absolute Gasteiger partial charge is 0.444 e. The fourth-order valence-corrected chi connectivity index (χ4v) is 13.5. The van der Waals surface area contributed by atoms with E-state index in [2.05, 4.69) is 46.9 Å². The van der Waals surface area contributed by atoms with Crippen molar-refractivity contribution in [2.75, 3.05) is 26.7 Å². The number of hydrogen-bond acceptors (Lipinski definition) is 7. The van der Waals surface area contributed by atoms with Gasteiger partial charge in [0.1, 0.15) is 11.7 Å². The van der Waals surface area contributed by atoms with Crippen molar-refractivity contribution in [2.24, 2.45) is 57.2 Å². The van der Waals surface area contributed by atoms with Crippen LogP contribution in [0.1, 0.15) is 120 Å². The van der Waals surface area contributed by atoms with Crippen LogP contribution in [0.25, 0.3) is 0 Å². The maximum absolute atomic E-state index is 12.8. The summed E-state index contributed by atoms with van der Waals surface area (Å²) in [7, 11) is 1.63. The van der Waals surface area contributed by atoms with E-state index in [0.717, 1.165) is 25.2 Å². The Hall–Kier alpha value is -1.58. The van der Waals surface area contributed by atoms with Gasteiger partial charge in [-0.05, 0) is 136 Å². The molecule has 278 valence electrons. The molecule has 7 fully saturated rings. The van der Waals surface area contributed by atoms with Gasteiger partial charge in [-0.3, -0.25) is 0 Å². The first-order valence-electron chi connectivity index (χ1n) is 19.7. The molecule has 7 rings (SSSR count). The lowest BCUT2D eigenvalue weighted by molar-refractivity contribution is -0.243. The van der Waals surface area contributed by atoms with E-state index in [1.54, 1.807) is 11.9 Å². The average Bonchev–Trinajstić information content (AvgIpc) is 3.59. The third-order valence-electron chi connectivity index (χ3n) is 15.4. The number of hydrogen-bond donors (Lipinski definition) is 1. The van der Waals surface area contributed by atoms with Gasteiger partial charge in [-0.2, -0.15) is 0 Å². The molecule has 0 radical (unpaired) electrons. The molecule has 13 atom stereocenters. The molecular weight excluding hydrogens is 620 g/mol. The van der Waals surface area contributed by atoms with Crippen LogP contribution in [-0.2, 0) is 23.7 Å². The molecule has 0 aromatic rings. The number of carbonyl (C=O) groups excluding carboxylic acids is 2. The summed E-state index contributed by atoms with van der Waals surface area (Å²) in [5.74, 6) is 3.42. The number of nitrogens with zero attached hydrogens (tertiary/aromatic N) is 1. The summed E-state index contributed by atoms with van der Waals surface area (Å²) in [5.41, 5.74) is 0.700. The van der Waals surface area contributed by atoms with Crippen molar-refractivity contribution in [3.63, 3.8) is 0 Å². The van der Waals surface area contributed by atoms with Crippen molar-refractivity contribution in [1.29, 1.82) is 0 Å². The van der Waals surface area contributed by atoms with Gasteiger partial charge in [-0.25, -0.2) is 9.59 Å². The molecule has 2 aliphatic heterocycles. The van der Waals surface area contributed by atoms with E-state index in [0.29, 0.717) is 59.6 Å². The van der Waals surface area contributed by atoms with Gasteiger partial charge in [0.05, 0.1) is 31.5 Å². The first-order chi connectivity index (χ1) is 23.0. The van der Waals surface area contributed by atoms with Crippen molar-refractivity contribution < 1.29 is 33.3 Å². The zero-order valence-electron chi connectivity index (χ0n) is 32.1. The highest BCUT2D eigenvalue weighted by Crippen LogP contribution is 2.87. The second kappa shape index (κ2) is 12.2. The number of amides is 2. The van der Waals surface area contributed by atoms with Crippen molar-refractivity contribution in [1.82, 2.24) is 10.2 Å². The fraction of sp³-hybridized carbons (Fsp3) is 0.950. The van der Waals surface area contributed by atoms with E-state index < -0.39 is 11.9 Å². The van der Waals surface area contributed by atoms with Gasteiger partial charge in [0, 0.05) is 13.6 Å². The number of carbonyl (C=O) groups is 2. The Morgan fingerprint density at radius 1 is 0.980 bits per heavy atom. The normalized spacial score (nSPS) is 45.9. The van der Waals surface area contributed by atoms with Gasteiger partial charge in [-0.15, -0.1) is 0 Å². The Kier molecular flexibility index (Phi) is 8.95. The predicted octanol–water partition coefficient (Wildman–Crippen LogP) is 7.80. The summed E-state index contributed by atoms with van der Waals surface area (Å²) in [6.07, 6.45) is 10.1. The molecule has 9 nitrogen and oxygen atoms in total. The standard InChI is InChI=1S/C40H66N2O7/c1-23(2)33(48-34(43)41-10)28-19-24(3)32-27(46-28)20-26-25-11-12-29-37(7,8)30(13-14-40(29)22-39(25,40)16-15-38(26,32)9)47-31-21-42(17-18-45-31)35(44)49-36(4,5)6/h23-33H,11-22H2,1-10H3,(H,41,43)/t24-,25?,26?,27?,28?,29+,30+,31?,32+,33-,38+,39+,40-/m1/s1. The van der Waals surface area contributed by atoms with Gasteiger partial charge >= 0.3 is 12.2 Å². The van der Waals surface area contributed by atoms with E-state index in [4.69, 9.17) is 23.7 Å². The molecule has 1 N–H and O–H groups in total. The van der Waals surface area contributed by atoms with E-state index in [-0.39, 0.29) is 47.9 Å². The highest BCUT2D eigenvalue weighted by molar-refractivity contribution is 5.68. The molecule has 2 amide bonds. The maximum Gasteiger partial charge on any atom is 0.410 e. The zero-order chi connectivity index (χ0) is 35.3. The van der Waals surface area contributed by atoms with Crippen LogP contribution in [0.4, 0.5) is 9.59 Å². The van der Waals surface area contributed by atoms with Gasteiger partial charge in [0.2, 0.25) is 0 Å². The smallest absolute Gasteiger partial charge is 0.410 e. The maximum atomic E-state index is 12.8. The number of alkyl carbamates (subject to hydrolysis) is 1. The van der Waals surface area contributed by atoms with Crippen molar-refractivity contribution in [3.8, 4) is 0 Å². The van der Waals surface area contributed by atoms with Crippen LogP contribution in [0.5, 0.6) is 0 Å². The lowest BCUT2D eigenvalue weighted by Gasteiger charge is -2.60. The highest BCUT2D eigenvalue weighted by Gasteiger charge is 2.81. The van der Waals surface area contributed by atoms with Crippen molar-refractivity contribution in [2.45, 2.75) is 156 Å². The first kappa shape index (κ1) is 35.8. The van der Waals surface area contributed by atoms with Crippen LogP contribution < -0.4 is 5.32 Å². The highest BCUT2D eigenvalue weighted by atomic mass is 16.7. The minimum atomic E-state index is -0.523. The number of morpholine rings is 1. The van der Waals surface area contributed by atoms with E-state index >= 15 is 0 Å². The number of nitrogens with one attached hydrogen (secondary N) is 1. The van der Waals surface area contributed by atoms with Gasteiger partial charge in [0.25, 0.3) is 0 Å². The summed E-state index contributed by atoms with van der Waals surface area (Å²) in [6.45, 7) is 21.4. The van der Waals surface area contributed by atoms with Crippen molar-refractivity contribution in [3.05, 3.63) is 0 Å². The lowest BCUT2D eigenvalue weighted by atomic mass is 9.46. The summed E-state index contributed by atoms with van der Waals surface area (Å²) in [4.78, 5) is 26.9. The van der Waals surface area contributed by atoms with Crippen LogP contribution >= 0.6 is 0 Å². The molecule has 5 aliphatic carbocycles. The van der Waals surface area contributed by atoms with Crippen molar-refractivity contribution >= 4 is 12.2 Å². The average molecular weight is 687 g/mol. The van der Waals surface area contributed by atoms with Gasteiger partial charge in [-0.1, -0.05) is 41.5 Å². The summed E-state index contributed by atoms with van der Waals surface area (Å²) in [5, 5.41) is 2.65. The summed E-state index contributed by atoms with van der Waals surface area (Å²) >= 11 is 0. The number of rotatable bonds is 5. The Labute approximate surface area is 295 Å². The van der Waals surface area contributed by atoms with Crippen LogP contribution in [0, 0.1) is 57.2 Å². The molecule has 2 heterocycles. The SMILES string of the molecule is CNC(=O)O[C@H](C(C)C)C1C[C@@H](C)[C@H]2C(CC3C4CC[C@H]5C(C)(C)[C@@H](OC6CN(C(=O)OC(C)(C)C)CCO6)CC[C@@]56C[C@@]46CC[C@@]32C)O1. The molecule has 49 heavy (non-hydrogen) atoms. The molecule has 0 aromatic carbocycles. The molecule has 0 bridgehead atoms. The molecule has 9 heteroatoms. The van der Waals surface area contributed by atoms with Crippen LogP contribution in [0.15, 0.2) is 0 Å².